The lowest BCUT2D eigenvalue weighted by molar-refractivity contribution is -0.152. The average molecular weight is 488 g/mol. The topological polar surface area (TPSA) is 108 Å². The Labute approximate surface area is 202 Å². The van der Waals surface area contributed by atoms with Crippen LogP contribution in [0.3, 0.4) is 0 Å². The van der Waals surface area contributed by atoms with Gasteiger partial charge < -0.3 is 29.7 Å². The maximum absolute atomic E-state index is 13.1. The quantitative estimate of drug-likeness (QED) is 0.606. The third-order valence-corrected chi connectivity index (χ3v) is 5.99. The molecule has 0 aromatic heterocycles. The number of anilines is 2. The first-order valence-electron chi connectivity index (χ1n) is 11.1. The number of morpholine rings is 2. The SMILES string of the molecule is O=C(NCCc1ccc(Cl)cc1)[C@H](O)[C@H]1OCCN(c2cccc(N3CCOCC3=O)c2)C1=O. The summed E-state index contributed by atoms with van der Waals surface area (Å²) in [6.45, 7) is 1.59. The summed E-state index contributed by atoms with van der Waals surface area (Å²) in [6, 6.07) is 14.3. The van der Waals surface area contributed by atoms with Crippen molar-refractivity contribution in [2.24, 2.45) is 0 Å². The maximum Gasteiger partial charge on any atom is 0.259 e. The largest absolute Gasteiger partial charge is 0.380 e. The molecule has 34 heavy (non-hydrogen) atoms. The maximum atomic E-state index is 13.1. The molecule has 2 saturated heterocycles. The summed E-state index contributed by atoms with van der Waals surface area (Å²) in [5.74, 6) is -1.35. The van der Waals surface area contributed by atoms with Crippen molar-refractivity contribution in [3.05, 3.63) is 59.1 Å². The summed E-state index contributed by atoms with van der Waals surface area (Å²) >= 11 is 5.87. The minimum atomic E-state index is -1.65. The highest BCUT2D eigenvalue weighted by Crippen LogP contribution is 2.26. The van der Waals surface area contributed by atoms with Crippen molar-refractivity contribution in [2.45, 2.75) is 18.6 Å². The van der Waals surface area contributed by atoms with Gasteiger partial charge >= 0.3 is 0 Å². The fourth-order valence-electron chi connectivity index (χ4n) is 3.93. The van der Waals surface area contributed by atoms with E-state index >= 15 is 0 Å². The number of benzene rings is 2. The molecule has 2 heterocycles. The van der Waals surface area contributed by atoms with E-state index in [9.17, 15) is 19.5 Å². The number of aliphatic hydroxyl groups is 1. The third-order valence-electron chi connectivity index (χ3n) is 5.74. The molecule has 0 saturated carbocycles. The summed E-state index contributed by atoms with van der Waals surface area (Å²) in [7, 11) is 0. The lowest BCUT2D eigenvalue weighted by Crippen LogP contribution is -2.56. The van der Waals surface area contributed by atoms with Crippen LogP contribution in [0.4, 0.5) is 11.4 Å². The molecule has 2 aromatic rings. The van der Waals surface area contributed by atoms with Gasteiger partial charge in [-0.25, -0.2) is 0 Å². The zero-order valence-electron chi connectivity index (χ0n) is 18.5. The molecule has 9 nitrogen and oxygen atoms in total. The smallest absolute Gasteiger partial charge is 0.259 e. The molecule has 0 bridgehead atoms. The average Bonchev–Trinajstić information content (AvgIpc) is 2.85. The number of hydrogen-bond acceptors (Lipinski definition) is 6. The van der Waals surface area contributed by atoms with Crippen LogP contribution in [0, 0.1) is 0 Å². The van der Waals surface area contributed by atoms with Crippen LogP contribution in [-0.2, 0) is 30.3 Å². The molecule has 2 N–H and O–H groups in total. The first kappa shape index (κ1) is 24.2. The Kier molecular flexibility index (Phi) is 7.79. The van der Waals surface area contributed by atoms with Crippen LogP contribution in [0.2, 0.25) is 5.02 Å². The van der Waals surface area contributed by atoms with E-state index in [0.29, 0.717) is 36.0 Å². The Morgan fingerprint density at radius 2 is 1.79 bits per heavy atom. The van der Waals surface area contributed by atoms with Gasteiger partial charge in [-0.15, -0.1) is 0 Å². The normalized spacial score (nSPS) is 19.8. The van der Waals surface area contributed by atoms with Crippen LogP contribution in [0.5, 0.6) is 0 Å². The Morgan fingerprint density at radius 1 is 1.09 bits per heavy atom. The minimum Gasteiger partial charge on any atom is -0.380 e. The van der Waals surface area contributed by atoms with Gasteiger partial charge in [-0.2, -0.15) is 0 Å². The molecule has 10 heteroatoms. The van der Waals surface area contributed by atoms with Gasteiger partial charge in [0.25, 0.3) is 17.7 Å². The number of carbonyl (C=O) groups is 3. The van der Waals surface area contributed by atoms with E-state index in [4.69, 9.17) is 21.1 Å². The molecular weight excluding hydrogens is 462 g/mol. The Hall–Kier alpha value is -2.98. The van der Waals surface area contributed by atoms with Crippen LogP contribution in [-0.4, -0.2) is 74.5 Å². The number of carbonyl (C=O) groups excluding carboxylic acids is 3. The van der Waals surface area contributed by atoms with Crippen LogP contribution >= 0.6 is 11.6 Å². The number of nitrogens with zero attached hydrogens (tertiary/aromatic N) is 2. The number of hydrogen-bond donors (Lipinski definition) is 2. The monoisotopic (exact) mass is 487 g/mol. The Balaban J connectivity index is 1.38. The first-order chi connectivity index (χ1) is 16.4. The standard InChI is InChI=1S/C24H26ClN3O6/c25-17-6-4-16(5-7-17)8-9-26-23(31)21(30)22-24(32)28(11-13-34-22)19-3-1-2-18(14-19)27-10-12-33-15-20(27)29/h1-7,14,21-22,30H,8-13,15H2,(H,26,31)/t21-,22-/m1/s1. The molecule has 2 aliphatic rings. The molecule has 0 unspecified atom stereocenters. The van der Waals surface area contributed by atoms with Crippen LogP contribution < -0.4 is 15.1 Å². The number of nitrogens with one attached hydrogen (secondary N) is 1. The molecule has 2 aliphatic heterocycles. The van der Waals surface area contributed by atoms with Gasteiger partial charge in [0.2, 0.25) is 0 Å². The van der Waals surface area contributed by atoms with Gasteiger partial charge in [-0.05, 0) is 42.3 Å². The van der Waals surface area contributed by atoms with E-state index in [-0.39, 0.29) is 32.2 Å². The molecule has 2 atom stereocenters. The number of aliphatic hydroxyl groups excluding tert-OH is 1. The second kappa shape index (κ2) is 11.0. The van der Waals surface area contributed by atoms with Gasteiger partial charge in [-0.3, -0.25) is 14.4 Å². The highest BCUT2D eigenvalue weighted by molar-refractivity contribution is 6.30. The van der Waals surface area contributed by atoms with Gasteiger partial charge in [0.1, 0.15) is 6.61 Å². The van der Waals surface area contributed by atoms with E-state index in [0.717, 1.165) is 5.56 Å². The van der Waals surface area contributed by atoms with Gasteiger partial charge in [0.05, 0.1) is 13.2 Å². The van der Waals surface area contributed by atoms with Gasteiger partial charge in [-0.1, -0.05) is 29.8 Å². The Bertz CT molecular complexity index is 1050. The van der Waals surface area contributed by atoms with E-state index < -0.39 is 24.0 Å². The van der Waals surface area contributed by atoms with E-state index in [1.165, 1.54) is 4.90 Å². The molecule has 180 valence electrons. The van der Waals surface area contributed by atoms with Gasteiger partial charge in [0.15, 0.2) is 12.2 Å². The fraction of sp³-hybridized carbons (Fsp3) is 0.375. The highest BCUT2D eigenvalue weighted by Gasteiger charge is 2.39. The minimum absolute atomic E-state index is 0.0160. The molecule has 2 fully saturated rings. The summed E-state index contributed by atoms with van der Waals surface area (Å²) in [6.07, 6.45) is -2.42. The van der Waals surface area contributed by atoms with E-state index in [2.05, 4.69) is 5.32 Å². The lowest BCUT2D eigenvalue weighted by atomic mass is 10.1. The summed E-state index contributed by atoms with van der Waals surface area (Å²) in [5, 5.41) is 13.8. The van der Waals surface area contributed by atoms with Crippen molar-refractivity contribution in [3.63, 3.8) is 0 Å². The predicted octanol–water partition coefficient (Wildman–Crippen LogP) is 1.15. The van der Waals surface area contributed by atoms with Crippen LogP contribution in [0.15, 0.2) is 48.5 Å². The number of halogens is 1. The summed E-state index contributed by atoms with van der Waals surface area (Å²) in [5.41, 5.74) is 2.20. The lowest BCUT2D eigenvalue weighted by Gasteiger charge is -2.35. The molecule has 4 rings (SSSR count). The predicted molar refractivity (Wildman–Crippen MR) is 126 cm³/mol. The van der Waals surface area contributed by atoms with Crippen LogP contribution in [0.25, 0.3) is 0 Å². The molecule has 0 spiro atoms. The molecule has 3 amide bonds. The second-order valence-corrected chi connectivity index (χ2v) is 8.45. The Morgan fingerprint density at radius 3 is 2.53 bits per heavy atom. The van der Waals surface area contributed by atoms with Gasteiger partial charge in [0, 0.05) is 36.0 Å². The van der Waals surface area contributed by atoms with E-state index in [1.54, 1.807) is 41.3 Å². The summed E-state index contributed by atoms with van der Waals surface area (Å²) in [4.78, 5) is 40.8. The van der Waals surface area contributed by atoms with Crippen molar-refractivity contribution < 1.29 is 29.0 Å². The molecular formula is C24H26ClN3O6. The highest BCUT2D eigenvalue weighted by atomic mass is 35.5. The van der Waals surface area contributed by atoms with Crippen molar-refractivity contribution in [2.75, 3.05) is 49.3 Å². The van der Waals surface area contributed by atoms with Crippen molar-refractivity contribution >= 4 is 40.7 Å². The summed E-state index contributed by atoms with van der Waals surface area (Å²) < 4.78 is 10.6. The second-order valence-electron chi connectivity index (χ2n) is 8.01. The van der Waals surface area contributed by atoms with Crippen molar-refractivity contribution in [1.29, 1.82) is 0 Å². The van der Waals surface area contributed by atoms with Crippen LogP contribution in [0.1, 0.15) is 5.56 Å². The van der Waals surface area contributed by atoms with E-state index in [1.807, 2.05) is 12.1 Å². The molecule has 0 radical (unpaired) electrons. The first-order valence-corrected chi connectivity index (χ1v) is 11.4. The number of rotatable bonds is 7. The number of amides is 3. The molecule has 2 aromatic carbocycles. The van der Waals surface area contributed by atoms with Crippen molar-refractivity contribution in [1.82, 2.24) is 5.32 Å². The molecule has 0 aliphatic carbocycles. The number of ether oxygens (including phenoxy) is 2. The zero-order chi connectivity index (χ0) is 24.1. The van der Waals surface area contributed by atoms with Crippen molar-refractivity contribution in [3.8, 4) is 0 Å². The zero-order valence-corrected chi connectivity index (χ0v) is 19.2. The third kappa shape index (κ3) is 5.56. The fourth-order valence-corrected chi connectivity index (χ4v) is 4.06.